The standard InChI is InChI=1S/C20H19IN2OS/c1-13(2)15-5-3-14(4-6-15)11-19(24)23-20-22-18(12-25-20)16-7-9-17(21)10-8-16/h3-10,12-13H,11H2,1-2H3,(H,22,23,24). The summed E-state index contributed by atoms with van der Waals surface area (Å²) in [5.74, 6) is 0.457. The van der Waals surface area contributed by atoms with Gasteiger partial charge >= 0.3 is 0 Å². The van der Waals surface area contributed by atoms with Crippen LogP contribution in [-0.2, 0) is 11.2 Å². The van der Waals surface area contributed by atoms with Crippen LogP contribution in [-0.4, -0.2) is 10.9 Å². The Hall–Kier alpha value is -1.73. The van der Waals surface area contributed by atoms with E-state index >= 15 is 0 Å². The van der Waals surface area contributed by atoms with Gasteiger partial charge < -0.3 is 5.32 Å². The number of rotatable bonds is 5. The molecule has 0 aliphatic heterocycles. The Labute approximate surface area is 165 Å². The maximum atomic E-state index is 12.2. The van der Waals surface area contributed by atoms with Gasteiger partial charge in [-0.15, -0.1) is 11.3 Å². The fourth-order valence-electron chi connectivity index (χ4n) is 2.45. The lowest BCUT2D eigenvalue weighted by Crippen LogP contribution is -2.14. The molecule has 0 saturated heterocycles. The second kappa shape index (κ2) is 8.10. The minimum Gasteiger partial charge on any atom is -0.302 e. The van der Waals surface area contributed by atoms with Crippen molar-refractivity contribution in [3.8, 4) is 11.3 Å². The van der Waals surface area contributed by atoms with E-state index < -0.39 is 0 Å². The summed E-state index contributed by atoms with van der Waals surface area (Å²) in [4.78, 5) is 16.8. The molecular weight excluding hydrogens is 443 g/mol. The maximum Gasteiger partial charge on any atom is 0.230 e. The molecule has 1 amide bonds. The lowest BCUT2D eigenvalue weighted by Gasteiger charge is -2.06. The average molecular weight is 462 g/mol. The second-order valence-corrected chi connectivity index (χ2v) is 8.27. The molecule has 0 fully saturated rings. The molecule has 3 aromatic rings. The molecule has 1 N–H and O–H groups in total. The van der Waals surface area contributed by atoms with Crippen LogP contribution in [0.2, 0.25) is 0 Å². The molecule has 3 nitrogen and oxygen atoms in total. The molecule has 1 aromatic heterocycles. The SMILES string of the molecule is CC(C)c1ccc(CC(=O)Nc2nc(-c3ccc(I)cc3)cs2)cc1. The van der Waals surface area contributed by atoms with Gasteiger partial charge in [-0.1, -0.05) is 50.2 Å². The quantitative estimate of drug-likeness (QED) is 0.493. The molecule has 5 heteroatoms. The third kappa shape index (κ3) is 4.89. The molecule has 2 aromatic carbocycles. The number of thiazole rings is 1. The number of anilines is 1. The Balaban J connectivity index is 1.62. The fourth-order valence-corrected chi connectivity index (χ4v) is 3.55. The molecular formula is C20H19IN2OS. The first-order valence-corrected chi connectivity index (χ1v) is 10.1. The van der Waals surface area contributed by atoms with Crippen molar-refractivity contribution in [2.75, 3.05) is 5.32 Å². The first kappa shape index (κ1) is 18.1. The van der Waals surface area contributed by atoms with Crippen molar-refractivity contribution in [1.29, 1.82) is 0 Å². The number of benzene rings is 2. The summed E-state index contributed by atoms with van der Waals surface area (Å²) < 4.78 is 1.19. The van der Waals surface area contributed by atoms with E-state index in [1.54, 1.807) is 0 Å². The van der Waals surface area contributed by atoms with Crippen molar-refractivity contribution in [1.82, 2.24) is 4.98 Å². The van der Waals surface area contributed by atoms with Crippen LogP contribution in [0.25, 0.3) is 11.3 Å². The summed E-state index contributed by atoms with van der Waals surface area (Å²) in [6.07, 6.45) is 0.358. The maximum absolute atomic E-state index is 12.2. The molecule has 1 heterocycles. The minimum atomic E-state index is -0.0409. The number of halogens is 1. The summed E-state index contributed by atoms with van der Waals surface area (Å²) in [6, 6.07) is 16.4. The first-order valence-electron chi connectivity index (χ1n) is 8.11. The van der Waals surface area contributed by atoms with Crippen molar-refractivity contribution in [2.45, 2.75) is 26.2 Å². The summed E-state index contributed by atoms with van der Waals surface area (Å²) in [5.41, 5.74) is 4.24. The van der Waals surface area contributed by atoms with E-state index in [4.69, 9.17) is 0 Å². The van der Waals surface area contributed by atoms with Crippen LogP contribution in [0.1, 0.15) is 30.9 Å². The number of hydrogen-bond acceptors (Lipinski definition) is 3. The van der Waals surface area contributed by atoms with Crippen LogP contribution in [0.3, 0.4) is 0 Å². The van der Waals surface area contributed by atoms with Gasteiger partial charge in [0.2, 0.25) is 5.91 Å². The molecule has 0 bridgehead atoms. The zero-order valence-corrected chi connectivity index (χ0v) is 17.1. The second-order valence-electron chi connectivity index (χ2n) is 6.17. The van der Waals surface area contributed by atoms with E-state index in [1.807, 2.05) is 41.8 Å². The van der Waals surface area contributed by atoms with Crippen LogP contribution in [0.4, 0.5) is 5.13 Å². The van der Waals surface area contributed by atoms with Gasteiger partial charge in [-0.3, -0.25) is 4.79 Å². The number of aromatic nitrogens is 1. The Morgan fingerprint density at radius 1 is 1.12 bits per heavy atom. The van der Waals surface area contributed by atoms with E-state index in [0.717, 1.165) is 16.8 Å². The molecule has 0 spiro atoms. The summed E-state index contributed by atoms with van der Waals surface area (Å²) in [7, 11) is 0. The van der Waals surface area contributed by atoms with Crippen LogP contribution < -0.4 is 5.32 Å². The molecule has 0 radical (unpaired) electrons. The van der Waals surface area contributed by atoms with Gasteiger partial charge in [0.25, 0.3) is 0 Å². The minimum absolute atomic E-state index is 0.0409. The number of amides is 1. The molecule has 0 atom stereocenters. The van der Waals surface area contributed by atoms with Gasteiger partial charge in [-0.25, -0.2) is 4.98 Å². The van der Waals surface area contributed by atoms with Crippen molar-refractivity contribution in [3.05, 3.63) is 68.6 Å². The Bertz CT molecular complexity index is 854. The van der Waals surface area contributed by atoms with E-state index in [2.05, 4.69) is 58.9 Å². The van der Waals surface area contributed by atoms with Crippen LogP contribution >= 0.6 is 33.9 Å². The summed E-state index contributed by atoms with van der Waals surface area (Å²) in [6.45, 7) is 4.32. The van der Waals surface area contributed by atoms with E-state index in [1.165, 1.54) is 20.5 Å². The first-order chi connectivity index (χ1) is 12.0. The highest BCUT2D eigenvalue weighted by molar-refractivity contribution is 14.1. The van der Waals surface area contributed by atoms with Crippen LogP contribution in [0.5, 0.6) is 0 Å². The molecule has 0 aliphatic rings. The highest BCUT2D eigenvalue weighted by Crippen LogP contribution is 2.25. The number of nitrogens with zero attached hydrogens (tertiary/aromatic N) is 1. The van der Waals surface area contributed by atoms with Gasteiger partial charge in [0, 0.05) is 14.5 Å². The summed E-state index contributed by atoms with van der Waals surface area (Å²) >= 11 is 3.73. The number of hydrogen-bond donors (Lipinski definition) is 1. The molecule has 25 heavy (non-hydrogen) atoms. The summed E-state index contributed by atoms with van der Waals surface area (Å²) in [5, 5.41) is 5.50. The molecule has 128 valence electrons. The highest BCUT2D eigenvalue weighted by atomic mass is 127. The van der Waals surface area contributed by atoms with Crippen LogP contribution in [0, 0.1) is 3.57 Å². The Kier molecular flexibility index (Phi) is 5.86. The van der Waals surface area contributed by atoms with Crippen molar-refractivity contribution in [2.24, 2.45) is 0 Å². The normalized spacial score (nSPS) is 10.9. The zero-order chi connectivity index (χ0) is 17.8. The number of nitrogens with one attached hydrogen (secondary N) is 1. The van der Waals surface area contributed by atoms with Gasteiger partial charge in [0.15, 0.2) is 5.13 Å². The van der Waals surface area contributed by atoms with Crippen LogP contribution in [0.15, 0.2) is 53.9 Å². The largest absolute Gasteiger partial charge is 0.302 e. The topological polar surface area (TPSA) is 42.0 Å². The monoisotopic (exact) mass is 462 g/mol. The molecule has 0 saturated carbocycles. The van der Waals surface area contributed by atoms with Gasteiger partial charge in [0.05, 0.1) is 12.1 Å². The van der Waals surface area contributed by atoms with E-state index in [0.29, 0.717) is 17.5 Å². The highest BCUT2D eigenvalue weighted by Gasteiger charge is 2.09. The van der Waals surface area contributed by atoms with Gasteiger partial charge in [-0.2, -0.15) is 0 Å². The molecule has 3 rings (SSSR count). The number of carbonyl (C=O) groups excluding carboxylic acids is 1. The molecule has 0 unspecified atom stereocenters. The van der Waals surface area contributed by atoms with Crippen molar-refractivity contribution in [3.63, 3.8) is 0 Å². The lowest BCUT2D eigenvalue weighted by molar-refractivity contribution is -0.115. The van der Waals surface area contributed by atoms with Crippen molar-refractivity contribution < 1.29 is 4.79 Å². The zero-order valence-electron chi connectivity index (χ0n) is 14.1. The van der Waals surface area contributed by atoms with Gasteiger partial charge in [-0.05, 0) is 51.8 Å². The number of carbonyl (C=O) groups is 1. The van der Waals surface area contributed by atoms with Crippen molar-refractivity contribution >= 4 is 45.0 Å². The third-order valence-electron chi connectivity index (χ3n) is 3.90. The van der Waals surface area contributed by atoms with Gasteiger partial charge in [0.1, 0.15) is 0 Å². The predicted molar refractivity (Wildman–Crippen MR) is 113 cm³/mol. The Morgan fingerprint density at radius 3 is 2.44 bits per heavy atom. The lowest BCUT2D eigenvalue weighted by atomic mass is 10.0. The fraction of sp³-hybridized carbons (Fsp3) is 0.200. The predicted octanol–water partition coefficient (Wildman–Crippen LogP) is 5.72. The third-order valence-corrected chi connectivity index (χ3v) is 5.38. The van der Waals surface area contributed by atoms with E-state index in [-0.39, 0.29) is 5.91 Å². The smallest absolute Gasteiger partial charge is 0.230 e. The van der Waals surface area contributed by atoms with E-state index in [9.17, 15) is 4.79 Å². The average Bonchev–Trinajstić information content (AvgIpc) is 3.04. The Morgan fingerprint density at radius 2 is 1.80 bits per heavy atom. The molecule has 0 aliphatic carbocycles.